The lowest BCUT2D eigenvalue weighted by Crippen LogP contribution is -2.07. The second kappa shape index (κ2) is 4.51. The van der Waals surface area contributed by atoms with Crippen molar-refractivity contribution in [1.82, 2.24) is 9.97 Å². The maximum atomic E-state index is 11.6. The zero-order valence-electron chi connectivity index (χ0n) is 9.07. The third kappa shape index (κ3) is 2.85. The number of rotatable bonds is 5. The topological polar surface area (TPSA) is 42.9 Å². The standard InChI is InChI=1S/C12H16N2O/c1-2-3-10-6-11(14-8-13-10)7-12(15)9-4-5-9/h6,8-9H,2-5,7H2,1H3. The van der Waals surface area contributed by atoms with Crippen LogP contribution in [0.2, 0.25) is 0 Å². The molecule has 0 aliphatic heterocycles. The first-order chi connectivity index (χ1) is 7.29. The number of Topliss-reactive ketones (excluding diaryl/α,β-unsaturated/α-hetero) is 1. The van der Waals surface area contributed by atoms with Gasteiger partial charge in [-0.3, -0.25) is 4.79 Å². The van der Waals surface area contributed by atoms with Gasteiger partial charge in [0.25, 0.3) is 0 Å². The van der Waals surface area contributed by atoms with E-state index in [9.17, 15) is 4.79 Å². The Morgan fingerprint density at radius 3 is 2.80 bits per heavy atom. The second-order valence-corrected chi connectivity index (χ2v) is 4.17. The molecule has 1 fully saturated rings. The molecule has 0 atom stereocenters. The number of ketones is 1. The molecule has 1 heterocycles. The number of nitrogens with zero attached hydrogens (tertiary/aromatic N) is 2. The van der Waals surface area contributed by atoms with Crippen molar-refractivity contribution in [2.24, 2.45) is 5.92 Å². The Balaban J connectivity index is 2.00. The third-order valence-electron chi connectivity index (χ3n) is 2.67. The van der Waals surface area contributed by atoms with Gasteiger partial charge >= 0.3 is 0 Å². The first kappa shape index (κ1) is 10.3. The molecular formula is C12H16N2O. The summed E-state index contributed by atoms with van der Waals surface area (Å²) in [5, 5.41) is 0. The molecule has 0 bridgehead atoms. The minimum atomic E-state index is 0.328. The SMILES string of the molecule is CCCc1cc(CC(=O)C2CC2)ncn1. The highest BCUT2D eigenvalue weighted by Gasteiger charge is 2.29. The molecule has 1 aliphatic rings. The summed E-state index contributed by atoms with van der Waals surface area (Å²) in [5.41, 5.74) is 1.93. The molecule has 3 heteroatoms. The van der Waals surface area contributed by atoms with Gasteiger partial charge in [0, 0.05) is 18.0 Å². The highest BCUT2D eigenvalue weighted by atomic mass is 16.1. The zero-order chi connectivity index (χ0) is 10.7. The number of aromatic nitrogens is 2. The highest BCUT2D eigenvalue weighted by Crippen LogP contribution is 2.30. The van der Waals surface area contributed by atoms with Crippen molar-refractivity contribution < 1.29 is 4.79 Å². The van der Waals surface area contributed by atoms with Crippen molar-refractivity contribution in [1.29, 1.82) is 0 Å². The van der Waals surface area contributed by atoms with Crippen LogP contribution in [-0.2, 0) is 17.6 Å². The first-order valence-corrected chi connectivity index (χ1v) is 5.62. The predicted molar refractivity (Wildman–Crippen MR) is 57.5 cm³/mol. The molecule has 2 rings (SSSR count). The van der Waals surface area contributed by atoms with E-state index in [2.05, 4.69) is 16.9 Å². The van der Waals surface area contributed by atoms with Gasteiger partial charge in [-0.05, 0) is 25.3 Å². The van der Waals surface area contributed by atoms with E-state index >= 15 is 0 Å². The van der Waals surface area contributed by atoms with E-state index in [0.29, 0.717) is 18.1 Å². The van der Waals surface area contributed by atoms with Crippen LogP contribution in [0, 0.1) is 5.92 Å². The lowest BCUT2D eigenvalue weighted by atomic mass is 10.1. The average Bonchev–Trinajstić information content (AvgIpc) is 3.01. The van der Waals surface area contributed by atoms with E-state index in [4.69, 9.17) is 0 Å². The van der Waals surface area contributed by atoms with Crippen LogP contribution in [0.5, 0.6) is 0 Å². The van der Waals surface area contributed by atoms with E-state index in [0.717, 1.165) is 37.1 Å². The Hall–Kier alpha value is -1.25. The Morgan fingerprint density at radius 2 is 2.13 bits per heavy atom. The van der Waals surface area contributed by atoms with E-state index in [-0.39, 0.29) is 0 Å². The van der Waals surface area contributed by atoms with E-state index in [1.165, 1.54) is 0 Å². The fraction of sp³-hybridized carbons (Fsp3) is 0.583. The molecule has 1 aromatic rings. The van der Waals surface area contributed by atoms with E-state index in [1.54, 1.807) is 6.33 Å². The van der Waals surface area contributed by atoms with Crippen molar-refractivity contribution in [3.8, 4) is 0 Å². The van der Waals surface area contributed by atoms with Crippen LogP contribution in [0.1, 0.15) is 37.6 Å². The maximum Gasteiger partial charge on any atom is 0.141 e. The summed E-state index contributed by atoms with van der Waals surface area (Å²) in [6.07, 6.45) is 6.25. The lowest BCUT2D eigenvalue weighted by molar-refractivity contribution is -0.119. The monoisotopic (exact) mass is 204 g/mol. The summed E-state index contributed by atoms with van der Waals surface area (Å²) in [6, 6.07) is 1.96. The summed E-state index contributed by atoms with van der Waals surface area (Å²) in [6.45, 7) is 2.12. The Kier molecular flexibility index (Phi) is 3.09. The number of carbonyl (C=O) groups is 1. The molecule has 0 aromatic carbocycles. The van der Waals surface area contributed by atoms with Crippen LogP contribution in [0.25, 0.3) is 0 Å². The number of carbonyl (C=O) groups excluding carboxylic acids is 1. The Morgan fingerprint density at radius 1 is 1.40 bits per heavy atom. The van der Waals surface area contributed by atoms with Gasteiger partial charge in [-0.1, -0.05) is 13.3 Å². The Bertz CT molecular complexity index is 358. The lowest BCUT2D eigenvalue weighted by Gasteiger charge is -2.01. The van der Waals surface area contributed by atoms with Crippen molar-refractivity contribution >= 4 is 5.78 Å². The van der Waals surface area contributed by atoms with Crippen molar-refractivity contribution in [3.05, 3.63) is 23.8 Å². The summed E-state index contributed by atoms with van der Waals surface area (Å²) < 4.78 is 0. The van der Waals surface area contributed by atoms with Crippen LogP contribution in [0.3, 0.4) is 0 Å². The molecular weight excluding hydrogens is 188 g/mol. The van der Waals surface area contributed by atoms with E-state index in [1.807, 2.05) is 6.07 Å². The average molecular weight is 204 g/mol. The van der Waals surface area contributed by atoms with Gasteiger partial charge in [-0.25, -0.2) is 9.97 Å². The first-order valence-electron chi connectivity index (χ1n) is 5.62. The summed E-state index contributed by atoms with van der Waals surface area (Å²) >= 11 is 0. The summed E-state index contributed by atoms with van der Waals surface area (Å²) in [7, 11) is 0. The molecule has 0 radical (unpaired) electrons. The zero-order valence-corrected chi connectivity index (χ0v) is 9.07. The fourth-order valence-electron chi connectivity index (χ4n) is 1.66. The summed E-state index contributed by atoms with van der Waals surface area (Å²) in [5.74, 6) is 0.672. The van der Waals surface area contributed by atoms with Crippen LogP contribution < -0.4 is 0 Å². The summed E-state index contributed by atoms with van der Waals surface area (Å²) in [4.78, 5) is 19.9. The molecule has 1 saturated carbocycles. The van der Waals surface area contributed by atoms with Gasteiger partial charge < -0.3 is 0 Å². The van der Waals surface area contributed by atoms with Gasteiger partial charge in [0.05, 0.1) is 5.69 Å². The van der Waals surface area contributed by atoms with Crippen LogP contribution in [0.15, 0.2) is 12.4 Å². The second-order valence-electron chi connectivity index (χ2n) is 4.17. The molecule has 3 nitrogen and oxygen atoms in total. The third-order valence-corrected chi connectivity index (χ3v) is 2.67. The van der Waals surface area contributed by atoms with Crippen molar-refractivity contribution in [3.63, 3.8) is 0 Å². The molecule has 1 aliphatic carbocycles. The van der Waals surface area contributed by atoms with Gasteiger partial charge in [-0.2, -0.15) is 0 Å². The molecule has 0 amide bonds. The molecule has 0 saturated heterocycles. The molecule has 15 heavy (non-hydrogen) atoms. The Labute approximate surface area is 89.9 Å². The minimum absolute atomic E-state index is 0.328. The van der Waals surface area contributed by atoms with Crippen molar-refractivity contribution in [2.75, 3.05) is 0 Å². The van der Waals surface area contributed by atoms with E-state index < -0.39 is 0 Å². The molecule has 0 unspecified atom stereocenters. The smallest absolute Gasteiger partial charge is 0.141 e. The molecule has 1 aromatic heterocycles. The van der Waals surface area contributed by atoms with Crippen LogP contribution >= 0.6 is 0 Å². The van der Waals surface area contributed by atoms with Gasteiger partial charge in [0.2, 0.25) is 0 Å². The van der Waals surface area contributed by atoms with Crippen LogP contribution in [0.4, 0.5) is 0 Å². The molecule has 80 valence electrons. The number of hydrogen-bond acceptors (Lipinski definition) is 3. The van der Waals surface area contributed by atoms with Gasteiger partial charge in [-0.15, -0.1) is 0 Å². The number of aryl methyl sites for hydroxylation is 1. The quantitative estimate of drug-likeness (QED) is 0.736. The molecule has 0 spiro atoms. The van der Waals surface area contributed by atoms with Gasteiger partial charge in [0.1, 0.15) is 12.1 Å². The minimum Gasteiger partial charge on any atom is -0.299 e. The number of hydrogen-bond donors (Lipinski definition) is 0. The normalized spacial score (nSPS) is 15.3. The van der Waals surface area contributed by atoms with Crippen LogP contribution in [-0.4, -0.2) is 15.8 Å². The largest absolute Gasteiger partial charge is 0.299 e. The predicted octanol–water partition coefficient (Wildman–Crippen LogP) is 1.95. The van der Waals surface area contributed by atoms with Gasteiger partial charge in [0.15, 0.2) is 0 Å². The maximum absolute atomic E-state index is 11.6. The molecule has 0 N–H and O–H groups in total. The fourth-order valence-corrected chi connectivity index (χ4v) is 1.66. The highest BCUT2D eigenvalue weighted by molar-refractivity contribution is 5.84. The van der Waals surface area contributed by atoms with Crippen molar-refractivity contribution in [2.45, 2.75) is 39.0 Å².